The molecule has 1 aromatic rings. The fourth-order valence-electron chi connectivity index (χ4n) is 1.17. The Bertz CT molecular complexity index is 273. The van der Waals surface area contributed by atoms with Gasteiger partial charge in [-0.1, -0.05) is 6.92 Å². The number of aromatic nitrogens is 2. The van der Waals surface area contributed by atoms with Crippen molar-refractivity contribution in [2.75, 3.05) is 13.7 Å². The van der Waals surface area contributed by atoms with Crippen LogP contribution in [0.3, 0.4) is 0 Å². The van der Waals surface area contributed by atoms with Crippen molar-refractivity contribution in [3.8, 4) is 0 Å². The summed E-state index contributed by atoms with van der Waals surface area (Å²) in [6.45, 7) is 4.57. The minimum Gasteiger partial charge on any atom is -0.424 e. The summed E-state index contributed by atoms with van der Waals surface area (Å²) in [6.07, 6.45) is 0.730. The lowest BCUT2D eigenvalue weighted by molar-refractivity contribution is 0.156. The Hall–Kier alpha value is -0.940. The Morgan fingerprint density at radius 3 is 2.64 bits per heavy atom. The van der Waals surface area contributed by atoms with Crippen molar-refractivity contribution in [3.05, 3.63) is 11.8 Å². The van der Waals surface area contributed by atoms with Gasteiger partial charge in [0.25, 0.3) is 0 Å². The minimum absolute atomic E-state index is 0.200. The molecular weight excluding hydrogens is 182 g/mol. The molecule has 5 nitrogen and oxygen atoms in total. The number of hydrogen-bond donors (Lipinski definition) is 1. The Kier molecular flexibility index (Phi) is 4.03. The fraction of sp³-hybridized carbons (Fsp3) is 0.778. The van der Waals surface area contributed by atoms with Crippen LogP contribution >= 0.6 is 0 Å². The first kappa shape index (κ1) is 11.1. The van der Waals surface area contributed by atoms with Gasteiger partial charge >= 0.3 is 0 Å². The lowest BCUT2D eigenvalue weighted by atomic mass is 10.1. The monoisotopic (exact) mass is 199 g/mol. The van der Waals surface area contributed by atoms with Gasteiger partial charge in [-0.25, -0.2) is 0 Å². The zero-order valence-electron chi connectivity index (χ0n) is 8.86. The van der Waals surface area contributed by atoms with Gasteiger partial charge in [-0.15, -0.1) is 10.2 Å². The van der Waals surface area contributed by atoms with Crippen LogP contribution in [0.5, 0.6) is 0 Å². The van der Waals surface area contributed by atoms with Crippen LogP contribution in [-0.2, 0) is 11.2 Å². The van der Waals surface area contributed by atoms with Gasteiger partial charge in [-0.2, -0.15) is 0 Å². The molecule has 0 amide bonds. The van der Waals surface area contributed by atoms with E-state index in [2.05, 4.69) is 17.1 Å². The average Bonchev–Trinajstić information content (AvgIpc) is 2.53. The molecule has 0 fully saturated rings. The fourth-order valence-corrected chi connectivity index (χ4v) is 1.17. The highest BCUT2D eigenvalue weighted by molar-refractivity contribution is 4.87. The van der Waals surface area contributed by atoms with E-state index in [4.69, 9.17) is 14.9 Å². The molecule has 2 N–H and O–H groups in total. The van der Waals surface area contributed by atoms with Crippen LogP contribution in [0.25, 0.3) is 0 Å². The number of nitrogens with zero attached hydrogens (tertiary/aromatic N) is 2. The number of ether oxygens (including phenoxy) is 1. The third kappa shape index (κ3) is 3.08. The van der Waals surface area contributed by atoms with Crippen LogP contribution in [-0.4, -0.2) is 23.9 Å². The molecule has 0 aliphatic carbocycles. The summed E-state index contributed by atoms with van der Waals surface area (Å²) < 4.78 is 10.4. The quantitative estimate of drug-likeness (QED) is 0.763. The average molecular weight is 199 g/mol. The Balaban J connectivity index is 2.51. The lowest BCUT2D eigenvalue weighted by Crippen LogP contribution is -2.07. The molecule has 0 saturated heterocycles. The Labute approximate surface area is 83.6 Å². The van der Waals surface area contributed by atoms with Gasteiger partial charge in [0, 0.05) is 20.1 Å². The van der Waals surface area contributed by atoms with Crippen LogP contribution in [0.1, 0.15) is 31.7 Å². The highest BCUT2D eigenvalue weighted by Gasteiger charge is 2.12. The largest absolute Gasteiger partial charge is 0.424 e. The van der Waals surface area contributed by atoms with E-state index in [1.165, 1.54) is 0 Å². The van der Waals surface area contributed by atoms with E-state index >= 15 is 0 Å². The topological polar surface area (TPSA) is 74.2 Å². The summed E-state index contributed by atoms with van der Waals surface area (Å²) in [5.41, 5.74) is 5.60. The number of rotatable bonds is 5. The highest BCUT2D eigenvalue weighted by Crippen LogP contribution is 2.11. The molecule has 1 heterocycles. The van der Waals surface area contributed by atoms with E-state index in [9.17, 15) is 0 Å². The van der Waals surface area contributed by atoms with Crippen LogP contribution in [0.15, 0.2) is 4.42 Å². The third-order valence-corrected chi connectivity index (χ3v) is 1.85. The maximum absolute atomic E-state index is 5.60. The van der Waals surface area contributed by atoms with Crippen LogP contribution < -0.4 is 5.73 Å². The zero-order chi connectivity index (χ0) is 10.6. The van der Waals surface area contributed by atoms with Gasteiger partial charge in [0.1, 0.15) is 0 Å². The molecule has 14 heavy (non-hydrogen) atoms. The summed E-state index contributed by atoms with van der Waals surface area (Å²) in [5, 5.41) is 7.75. The molecular formula is C9H17N3O2. The maximum Gasteiger partial charge on any atom is 0.232 e. The highest BCUT2D eigenvalue weighted by atomic mass is 16.5. The summed E-state index contributed by atoms with van der Waals surface area (Å²) in [7, 11) is 1.68. The summed E-state index contributed by atoms with van der Waals surface area (Å²) in [6, 6.07) is -0.200. The second kappa shape index (κ2) is 5.07. The van der Waals surface area contributed by atoms with E-state index in [1.807, 2.05) is 6.92 Å². The normalized spacial score (nSPS) is 15.4. The van der Waals surface area contributed by atoms with E-state index in [1.54, 1.807) is 7.11 Å². The summed E-state index contributed by atoms with van der Waals surface area (Å²) >= 11 is 0. The maximum atomic E-state index is 5.60. The first-order valence-electron chi connectivity index (χ1n) is 4.70. The second-order valence-electron chi connectivity index (χ2n) is 3.59. The van der Waals surface area contributed by atoms with Crippen molar-refractivity contribution in [1.29, 1.82) is 0 Å². The van der Waals surface area contributed by atoms with Crippen molar-refractivity contribution < 1.29 is 9.15 Å². The molecule has 1 aromatic heterocycles. The lowest BCUT2D eigenvalue weighted by Gasteiger charge is -2.05. The Morgan fingerprint density at radius 2 is 2.14 bits per heavy atom. The predicted molar refractivity (Wildman–Crippen MR) is 51.6 cm³/mol. The van der Waals surface area contributed by atoms with Crippen molar-refractivity contribution in [2.24, 2.45) is 11.7 Å². The molecule has 0 radical (unpaired) electrons. The number of nitrogens with two attached hydrogens (primary N) is 1. The van der Waals surface area contributed by atoms with Gasteiger partial charge in [0.2, 0.25) is 11.8 Å². The van der Waals surface area contributed by atoms with E-state index in [0.29, 0.717) is 24.3 Å². The van der Waals surface area contributed by atoms with E-state index in [0.717, 1.165) is 6.42 Å². The molecule has 0 spiro atoms. The Morgan fingerprint density at radius 1 is 1.43 bits per heavy atom. The number of methoxy groups -OCH3 is 1. The molecule has 5 heteroatoms. The standard InChI is InChI=1S/C9H17N3O2/c1-6(5-13-3)4-8-11-12-9(14-8)7(2)10/h6-7H,4-5,10H2,1-3H3. The van der Waals surface area contributed by atoms with Gasteiger partial charge < -0.3 is 14.9 Å². The first-order chi connectivity index (χ1) is 6.63. The summed E-state index contributed by atoms with van der Waals surface area (Å²) in [4.78, 5) is 0. The molecule has 0 saturated carbocycles. The van der Waals surface area contributed by atoms with Crippen molar-refractivity contribution >= 4 is 0 Å². The molecule has 0 aromatic carbocycles. The summed E-state index contributed by atoms with van der Waals surface area (Å²) in [5.74, 6) is 1.49. The first-order valence-corrected chi connectivity index (χ1v) is 4.70. The van der Waals surface area contributed by atoms with Crippen LogP contribution in [0.2, 0.25) is 0 Å². The molecule has 0 aliphatic rings. The van der Waals surface area contributed by atoms with Gasteiger partial charge in [-0.3, -0.25) is 0 Å². The van der Waals surface area contributed by atoms with E-state index < -0.39 is 0 Å². The predicted octanol–water partition coefficient (Wildman–Crippen LogP) is 0.914. The smallest absolute Gasteiger partial charge is 0.232 e. The minimum atomic E-state index is -0.200. The van der Waals surface area contributed by atoms with Gasteiger partial charge in [0.15, 0.2) is 0 Å². The van der Waals surface area contributed by atoms with Crippen molar-refractivity contribution in [1.82, 2.24) is 10.2 Å². The molecule has 0 aliphatic heterocycles. The third-order valence-electron chi connectivity index (χ3n) is 1.85. The SMILES string of the molecule is COCC(C)Cc1nnc(C(C)N)o1. The van der Waals surface area contributed by atoms with Gasteiger partial charge in [-0.05, 0) is 12.8 Å². The molecule has 2 atom stereocenters. The van der Waals surface area contributed by atoms with Gasteiger partial charge in [0.05, 0.1) is 6.04 Å². The van der Waals surface area contributed by atoms with Crippen LogP contribution in [0.4, 0.5) is 0 Å². The molecule has 1 rings (SSSR count). The molecule has 80 valence electrons. The second-order valence-corrected chi connectivity index (χ2v) is 3.59. The molecule has 2 unspecified atom stereocenters. The number of hydrogen-bond acceptors (Lipinski definition) is 5. The van der Waals surface area contributed by atoms with Crippen molar-refractivity contribution in [2.45, 2.75) is 26.3 Å². The van der Waals surface area contributed by atoms with Crippen molar-refractivity contribution in [3.63, 3.8) is 0 Å². The zero-order valence-corrected chi connectivity index (χ0v) is 8.86. The molecule has 0 bridgehead atoms. The van der Waals surface area contributed by atoms with E-state index in [-0.39, 0.29) is 6.04 Å². The van der Waals surface area contributed by atoms with Crippen LogP contribution in [0, 0.1) is 5.92 Å².